The Kier molecular flexibility index (Phi) is 57.1. The first-order chi connectivity index (χ1) is 54.3. The van der Waals surface area contributed by atoms with Gasteiger partial charge in [-0.05, 0) is 196 Å². The average Bonchev–Trinajstić information content (AvgIpc) is 0.780. The maximum Gasteiger partial charge on any atom is 1.00 e. The molecule has 13 aromatic rings. The molecule has 0 bridgehead atoms. The summed E-state index contributed by atoms with van der Waals surface area (Å²) in [5.41, 5.74) is 15.8. The molecule has 604 valence electrons. The molecule has 2 unspecified atom stereocenters. The summed E-state index contributed by atoms with van der Waals surface area (Å²) in [7, 11) is 4.04. The standard InChI is InChI=1S/C20H20BrNO.C20H18BrNO.C20H18BrN.C12H9BrO.C9H11Br.C7H5BrO.CH2Cl2.CH5N.CH4O.2B.2Na.H2O4S.2H/c2*1-22(13-15-5-4-8-19(21)11-15)14-20(23)18-10-9-16-6-2-3-7-17(16)12-18;1-22-12-17-11-18(21)8-9-19(17)20(13-22)16-7-6-14-4-2-3-5-15(14)10-16;13-8-12(14)11-6-5-9-3-1-2-4-10(9)7-11;1-2-4-8-5-3-6-9(10)7-8;8-7-3-1-2-6(4-7)5-9;2-1-3;2*1-2;;;;;1-5(2,3)4;;/h2-12,20,23H,13-14H2,1H3;2-12H,13-14H2,1H3;2-11,20H,12-13H2,1H3;1-7H,8H2;3,5-7H,2,4H2,1H3;1-5H;1H2;2H2,1H3;2H,1H3;;;;;(H2,1,2,3,4);;/q;;;;;;;;;;;2*+1;;2*-1. The molecule has 1 aliphatic rings. The van der Waals surface area contributed by atoms with Crippen LogP contribution in [-0.4, -0.2) is 143 Å². The van der Waals surface area contributed by atoms with Crippen LogP contribution in [-0.2, 0) is 36.5 Å². The molecule has 13 nitrogen and oxygen atoms in total. The van der Waals surface area contributed by atoms with Crippen LogP contribution in [0.1, 0.15) is 98.2 Å². The van der Waals surface area contributed by atoms with Gasteiger partial charge >= 0.3 is 69.5 Å². The van der Waals surface area contributed by atoms with Crippen molar-refractivity contribution in [2.75, 3.05) is 65.6 Å². The zero-order chi connectivity index (χ0) is 82.8. The number of aldehydes is 1. The number of likely N-dealkylation sites (N-methyl/N-ethyl adjacent to an activating group) is 3. The van der Waals surface area contributed by atoms with Crippen molar-refractivity contribution in [3.05, 3.63) is 363 Å². The van der Waals surface area contributed by atoms with Crippen molar-refractivity contribution in [2.24, 2.45) is 5.73 Å². The second-order valence-electron chi connectivity index (χ2n) is 25.7. The van der Waals surface area contributed by atoms with Crippen LogP contribution in [0.4, 0.5) is 0 Å². The van der Waals surface area contributed by atoms with E-state index in [1.165, 1.54) is 89.1 Å². The maximum atomic E-state index is 12.5. The number of carbonyl (C=O) groups is 3. The molecule has 0 saturated heterocycles. The number of alkyl halides is 3. The molecule has 117 heavy (non-hydrogen) atoms. The van der Waals surface area contributed by atoms with Crippen LogP contribution in [0, 0.1) is 0 Å². The number of hydrogen-bond donors (Lipinski definition) is 5. The van der Waals surface area contributed by atoms with Crippen molar-refractivity contribution in [3.8, 4) is 0 Å². The Morgan fingerprint density at radius 3 is 1.34 bits per heavy atom. The van der Waals surface area contributed by atoms with Crippen LogP contribution in [0.2, 0.25) is 0 Å². The number of halogens is 8. The number of benzene rings is 13. The summed E-state index contributed by atoms with van der Waals surface area (Å²) < 4.78 is 37.0. The van der Waals surface area contributed by atoms with E-state index in [0.717, 1.165) is 85.8 Å². The molecule has 1 heterocycles. The van der Waals surface area contributed by atoms with E-state index in [9.17, 15) is 19.5 Å². The molecule has 2 atom stereocenters. The van der Waals surface area contributed by atoms with Gasteiger partial charge in [-0.2, -0.15) is 8.42 Å². The van der Waals surface area contributed by atoms with Gasteiger partial charge in [0.25, 0.3) is 0 Å². The minimum Gasteiger partial charge on any atom is -1.00 e. The Balaban J connectivity index is 0. The number of ketones is 2. The quantitative estimate of drug-likeness (QED) is 0.0201. The van der Waals surface area contributed by atoms with Crippen molar-refractivity contribution >= 4 is 207 Å². The van der Waals surface area contributed by atoms with E-state index in [1.807, 2.05) is 152 Å². The predicted molar refractivity (Wildman–Crippen MR) is 507 cm³/mol. The van der Waals surface area contributed by atoms with E-state index in [-0.39, 0.29) is 95.7 Å². The first-order valence-electron chi connectivity index (χ1n) is 35.7. The van der Waals surface area contributed by atoms with Crippen LogP contribution in [0.5, 0.6) is 0 Å². The number of fused-ring (bicyclic) bond motifs is 5. The summed E-state index contributed by atoms with van der Waals surface area (Å²) in [5.74, 6) is 0.718. The molecular formula is C91H96B2Br6Cl2N4Na2O9S. The summed E-state index contributed by atoms with van der Waals surface area (Å²) in [6, 6.07) is 96.5. The van der Waals surface area contributed by atoms with Gasteiger partial charge in [-0.15, -0.1) is 23.2 Å². The Hall–Kier alpha value is -4.87. The fraction of sp³-hybridized carbons (Fsp3) is 0.198. The monoisotopic (exact) mass is 2030 g/mol. The molecule has 26 heteroatoms. The summed E-state index contributed by atoms with van der Waals surface area (Å²) >= 11 is 29.9. The molecule has 0 aliphatic carbocycles. The smallest absolute Gasteiger partial charge is 1.00 e. The second-order valence-corrected chi connectivity index (χ2v) is 32.5. The zero-order valence-corrected chi connectivity index (χ0v) is 82.6. The molecule has 0 saturated carbocycles. The Morgan fingerprint density at radius 2 is 0.906 bits per heavy atom. The number of aryl methyl sites for hydroxylation is 1. The number of nitrogens with zero attached hydrogens (tertiary/aromatic N) is 3. The Bertz CT molecular complexity index is 5260. The predicted octanol–water partition coefficient (Wildman–Crippen LogP) is 17.4. The number of nitrogens with two attached hydrogens (primary N) is 1. The second kappa shape index (κ2) is 60.6. The minimum atomic E-state index is -4.67. The third kappa shape index (κ3) is 41.2. The number of aliphatic hydroxyl groups is 2. The van der Waals surface area contributed by atoms with E-state index in [1.54, 1.807) is 12.1 Å². The van der Waals surface area contributed by atoms with Crippen LogP contribution in [0.25, 0.3) is 43.1 Å². The minimum absolute atomic E-state index is 0. The molecule has 0 aromatic heterocycles. The topological polar surface area (TPSA) is 202 Å². The molecule has 0 spiro atoms. The van der Waals surface area contributed by atoms with Gasteiger partial charge in [0, 0.05) is 102 Å². The van der Waals surface area contributed by atoms with Gasteiger partial charge in [-0.25, -0.2) is 0 Å². The number of hydrogen-bond acceptors (Lipinski definition) is 11. The van der Waals surface area contributed by atoms with E-state index >= 15 is 0 Å². The van der Waals surface area contributed by atoms with E-state index in [2.05, 4.69) is 265 Å². The van der Waals surface area contributed by atoms with Crippen LogP contribution in [0.3, 0.4) is 0 Å². The van der Waals surface area contributed by atoms with Crippen LogP contribution < -0.4 is 64.8 Å². The first-order valence-corrected chi connectivity index (χ1v) is 43.2. The van der Waals surface area contributed by atoms with E-state index in [0.29, 0.717) is 29.9 Å². The van der Waals surface area contributed by atoms with Crippen LogP contribution in [0.15, 0.2) is 307 Å². The van der Waals surface area contributed by atoms with Crippen molar-refractivity contribution < 1.29 is 104 Å². The number of carbonyl (C=O) groups excluding carboxylic acids is 3. The Labute approximate surface area is 802 Å². The van der Waals surface area contributed by atoms with Gasteiger partial charge < -0.3 is 23.7 Å². The van der Waals surface area contributed by atoms with Crippen LogP contribution >= 0.6 is 119 Å². The average molecular weight is 2040 g/mol. The third-order valence-electron chi connectivity index (χ3n) is 17.0. The van der Waals surface area contributed by atoms with Crippen molar-refractivity contribution in [3.63, 3.8) is 0 Å². The van der Waals surface area contributed by atoms with Gasteiger partial charge in [0.1, 0.15) is 6.29 Å². The van der Waals surface area contributed by atoms with Gasteiger partial charge in [-0.3, -0.25) is 33.3 Å². The molecule has 13 aromatic carbocycles. The Morgan fingerprint density at radius 1 is 0.521 bits per heavy atom. The summed E-state index contributed by atoms with van der Waals surface area (Å²) in [6.07, 6.45) is 2.73. The molecule has 14 rings (SSSR count). The molecule has 0 amide bonds. The van der Waals surface area contributed by atoms with E-state index in [4.69, 9.17) is 45.8 Å². The molecule has 6 N–H and O–H groups in total. The summed E-state index contributed by atoms with van der Waals surface area (Å²) in [6.45, 7) is 6.87. The fourth-order valence-corrected chi connectivity index (χ4v) is 14.5. The molecule has 0 fully saturated rings. The van der Waals surface area contributed by atoms with E-state index < -0.39 is 16.5 Å². The summed E-state index contributed by atoms with van der Waals surface area (Å²) in [5, 5.41) is 27.6. The van der Waals surface area contributed by atoms with Crippen molar-refractivity contribution in [1.29, 1.82) is 0 Å². The van der Waals surface area contributed by atoms with Gasteiger partial charge in [0.05, 0.1) is 23.3 Å². The molecule has 6 radical (unpaired) electrons. The molecular weight excluding hydrogens is 1940 g/mol. The SMILES string of the molecule is CCCc1cccc(Br)c1.CN.CN(CC(=O)c1ccc2ccccc2c1)Cc1cccc(Br)c1.CN(Cc1cccc(Br)c1)CC(O)c1ccc2ccccc2c1.CN1Cc2cc(Br)ccc2C(c2ccc3ccccc3c2)C1.CO.ClCCl.O=C(CBr)c1ccc2ccccc2c1.O=Cc1cccc(Br)c1.O=S(=O)(O)O.[B].[B].[H-].[H-].[Na+].[Na+]. The van der Waals surface area contributed by atoms with Gasteiger partial charge in [-0.1, -0.05) is 315 Å². The normalized spacial score (nSPS) is 11.6. The first kappa shape index (κ1) is 110. The van der Waals surface area contributed by atoms with Gasteiger partial charge in [0.2, 0.25) is 0 Å². The summed E-state index contributed by atoms with van der Waals surface area (Å²) in [4.78, 5) is 40.6. The van der Waals surface area contributed by atoms with Crippen molar-refractivity contribution in [2.45, 2.75) is 51.4 Å². The third-order valence-corrected chi connectivity index (χ3v) is 20.0. The number of rotatable bonds is 16. The fourth-order valence-electron chi connectivity index (χ4n) is 12.1. The number of aliphatic hydroxyl groups excluding tert-OH is 2. The molecule has 1 aliphatic heterocycles. The largest absolute Gasteiger partial charge is 1.00 e. The zero-order valence-electron chi connectivity index (χ0n) is 68.8. The maximum absolute atomic E-state index is 12.5. The van der Waals surface area contributed by atoms with Gasteiger partial charge in [0.15, 0.2) is 11.6 Å². The van der Waals surface area contributed by atoms with Crippen molar-refractivity contribution in [1.82, 2.24) is 14.7 Å². The number of Topliss-reactive ketones (excluding diaryl/α,β-unsaturated/α-hetero) is 2.